The summed E-state index contributed by atoms with van der Waals surface area (Å²) in [5.41, 5.74) is 5.94. The zero-order valence-corrected chi connectivity index (χ0v) is 15.8. The van der Waals surface area contributed by atoms with Gasteiger partial charge in [-0.15, -0.1) is 0 Å². The molecule has 138 valence electrons. The molecule has 4 heteroatoms. The van der Waals surface area contributed by atoms with Crippen LogP contribution in [0.15, 0.2) is 83.3 Å². The lowest BCUT2D eigenvalue weighted by Crippen LogP contribution is -1.93. The summed E-state index contributed by atoms with van der Waals surface area (Å²) in [5, 5.41) is 13.4. The van der Waals surface area contributed by atoms with Crippen molar-refractivity contribution in [2.45, 2.75) is 0 Å². The third-order valence-electron chi connectivity index (χ3n) is 5.63. The average Bonchev–Trinajstić information content (AvgIpc) is 3.33. The molecule has 0 fully saturated rings. The quantitative estimate of drug-likeness (QED) is 0.284. The molecule has 6 rings (SSSR count). The molecule has 0 amide bonds. The van der Waals surface area contributed by atoms with Crippen molar-refractivity contribution in [2.24, 2.45) is 0 Å². The van der Waals surface area contributed by atoms with Crippen LogP contribution in [0.2, 0.25) is 0 Å². The van der Waals surface area contributed by atoms with Crippen LogP contribution in [-0.2, 0) is 0 Å². The molecule has 0 aliphatic rings. The molecular weight excluding hydrogens is 370 g/mol. The lowest BCUT2D eigenvalue weighted by Gasteiger charge is -2.08. The first-order valence-electron chi connectivity index (χ1n) is 9.54. The SMILES string of the molecule is [C-]#[N+]c1ccc2oc3ccc(-n4c5ccccc5c5cc(C#N)ccc54)cc3c2c1. The van der Waals surface area contributed by atoms with Crippen molar-refractivity contribution in [1.29, 1.82) is 5.26 Å². The highest BCUT2D eigenvalue weighted by Gasteiger charge is 2.14. The zero-order valence-electron chi connectivity index (χ0n) is 15.8. The van der Waals surface area contributed by atoms with E-state index in [0.717, 1.165) is 49.4 Å². The standard InChI is InChI=1S/C26H13N3O/c1-28-17-7-10-25-21(13-17)22-14-18(8-11-26(22)30-25)29-23-5-3-2-4-19(23)20-12-16(15-27)6-9-24(20)29/h2-14H. The Morgan fingerprint density at radius 1 is 0.767 bits per heavy atom. The van der Waals surface area contributed by atoms with E-state index in [4.69, 9.17) is 11.0 Å². The molecule has 0 N–H and O–H groups in total. The molecular formula is C26H13N3O. The van der Waals surface area contributed by atoms with E-state index >= 15 is 0 Å². The molecule has 4 nitrogen and oxygen atoms in total. The Balaban J connectivity index is 1.71. The van der Waals surface area contributed by atoms with E-state index in [1.54, 1.807) is 6.07 Å². The molecule has 2 heterocycles. The summed E-state index contributed by atoms with van der Waals surface area (Å²) in [6.45, 7) is 7.32. The van der Waals surface area contributed by atoms with Crippen molar-refractivity contribution in [3.05, 3.63) is 95.8 Å². The van der Waals surface area contributed by atoms with Gasteiger partial charge in [0.15, 0.2) is 5.69 Å². The normalized spacial score (nSPS) is 11.3. The third-order valence-corrected chi connectivity index (χ3v) is 5.63. The fraction of sp³-hybridized carbons (Fsp3) is 0. The van der Waals surface area contributed by atoms with Crippen molar-refractivity contribution in [3.8, 4) is 11.8 Å². The summed E-state index contributed by atoms with van der Waals surface area (Å²) < 4.78 is 8.19. The van der Waals surface area contributed by atoms with Gasteiger partial charge in [-0.1, -0.05) is 24.3 Å². The molecule has 6 aromatic rings. The lowest BCUT2D eigenvalue weighted by molar-refractivity contribution is 0.669. The van der Waals surface area contributed by atoms with Gasteiger partial charge in [-0.25, -0.2) is 4.85 Å². The van der Waals surface area contributed by atoms with Gasteiger partial charge in [0.25, 0.3) is 0 Å². The number of nitrogens with zero attached hydrogens (tertiary/aromatic N) is 3. The number of benzene rings is 4. The molecule has 0 bridgehead atoms. The minimum absolute atomic E-state index is 0.594. The number of aromatic nitrogens is 1. The molecule has 0 saturated heterocycles. The molecule has 0 saturated carbocycles. The van der Waals surface area contributed by atoms with Crippen molar-refractivity contribution >= 4 is 49.4 Å². The van der Waals surface area contributed by atoms with Gasteiger partial charge in [0.05, 0.1) is 29.2 Å². The highest BCUT2D eigenvalue weighted by Crippen LogP contribution is 2.36. The van der Waals surface area contributed by atoms with Gasteiger partial charge in [-0.3, -0.25) is 0 Å². The van der Waals surface area contributed by atoms with Gasteiger partial charge >= 0.3 is 0 Å². The van der Waals surface area contributed by atoms with Crippen molar-refractivity contribution in [2.75, 3.05) is 0 Å². The molecule has 0 unspecified atom stereocenters. The number of para-hydroxylation sites is 1. The van der Waals surface area contributed by atoms with Crippen LogP contribution in [0.4, 0.5) is 5.69 Å². The van der Waals surface area contributed by atoms with Gasteiger partial charge in [0, 0.05) is 27.2 Å². The highest BCUT2D eigenvalue weighted by atomic mass is 16.3. The van der Waals surface area contributed by atoms with Gasteiger partial charge in [0.1, 0.15) is 11.2 Å². The highest BCUT2D eigenvalue weighted by molar-refractivity contribution is 6.11. The number of fused-ring (bicyclic) bond motifs is 6. The number of hydrogen-bond acceptors (Lipinski definition) is 2. The van der Waals surface area contributed by atoms with E-state index in [-0.39, 0.29) is 0 Å². The van der Waals surface area contributed by atoms with Crippen LogP contribution >= 0.6 is 0 Å². The van der Waals surface area contributed by atoms with E-state index in [9.17, 15) is 5.26 Å². The van der Waals surface area contributed by atoms with Crippen LogP contribution in [0.1, 0.15) is 5.56 Å². The van der Waals surface area contributed by atoms with Crippen molar-refractivity contribution in [3.63, 3.8) is 0 Å². The maximum absolute atomic E-state index is 9.34. The Morgan fingerprint density at radius 3 is 2.37 bits per heavy atom. The molecule has 2 aromatic heterocycles. The third kappa shape index (κ3) is 2.19. The molecule has 0 aliphatic heterocycles. The molecule has 0 radical (unpaired) electrons. The van der Waals surface area contributed by atoms with Gasteiger partial charge in [-0.2, -0.15) is 5.26 Å². The van der Waals surface area contributed by atoms with Crippen molar-refractivity contribution < 1.29 is 4.42 Å². The predicted octanol–water partition coefficient (Wildman–Crippen LogP) is 7.11. The fourth-order valence-electron chi connectivity index (χ4n) is 4.28. The van der Waals surface area contributed by atoms with Crippen LogP contribution in [0.3, 0.4) is 0 Å². The molecule has 0 atom stereocenters. The summed E-state index contributed by atoms with van der Waals surface area (Å²) in [6.07, 6.45) is 0. The Morgan fingerprint density at radius 2 is 1.53 bits per heavy atom. The van der Waals surface area contributed by atoms with Crippen LogP contribution in [0, 0.1) is 17.9 Å². The second-order valence-corrected chi connectivity index (χ2v) is 7.27. The average molecular weight is 383 g/mol. The Hall–Kier alpha value is -4.54. The van der Waals surface area contributed by atoms with Crippen LogP contribution in [0.5, 0.6) is 0 Å². The van der Waals surface area contributed by atoms with Crippen LogP contribution in [-0.4, -0.2) is 4.57 Å². The number of nitriles is 1. The van der Waals surface area contributed by atoms with Crippen molar-refractivity contribution in [1.82, 2.24) is 4.57 Å². The van der Waals surface area contributed by atoms with Gasteiger partial charge in [0.2, 0.25) is 0 Å². The summed E-state index contributed by atoms with van der Waals surface area (Å²) >= 11 is 0. The minimum Gasteiger partial charge on any atom is -0.456 e. The monoisotopic (exact) mass is 383 g/mol. The summed E-state index contributed by atoms with van der Waals surface area (Å²) in [6, 6.07) is 27.9. The molecule has 0 spiro atoms. The lowest BCUT2D eigenvalue weighted by atomic mass is 10.1. The van der Waals surface area contributed by atoms with E-state index in [2.05, 4.69) is 33.7 Å². The first-order valence-corrected chi connectivity index (χ1v) is 9.54. The van der Waals surface area contributed by atoms with Crippen LogP contribution < -0.4 is 0 Å². The Bertz CT molecular complexity index is 1720. The molecule has 4 aromatic carbocycles. The number of hydrogen-bond donors (Lipinski definition) is 0. The summed E-state index contributed by atoms with van der Waals surface area (Å²) in [7, 11) is 0. The number of rotatable bonds is 1. The topological polar surface area (TPSA) is 46.2 Å². The largest absolute Gasteiger partial charge is 0.456 e. The first-order chi connectivity index (χ1) is 14.8. The van der Waals surface area contributed by atoms with E-state index in [1.165, 1.54) is 0 Å². The van der Waals surface area contributed by atoms with Gasteiger partial charge in [-0.05, 0) is 54.6 Å². The van der Waals surface area contributed by atoms with Gasteiger partial charge < -0.3 is 8.98 Å². The Labute approximate surface area is 171 Å². The Kier molecular flexibility index (Phi) is 3.27. The summed E-state index contributed by atoms with van der Waals surface area (Å²) in [4.78, 5) is 3.55. The second-order valence-electron chi connectivity index (χ2n) is 7.27. The fourth-order valence-corrected chi connectivity index (χ4v) is 4.28. The second kappa shape index (κ2) is 5.98. The maximum Gasteiger partial charge on any atom is 0.188 e. The van der Waals surface area contributed by atoms with E-state index < -0.39 is 0 Å². The zero-order chi connectivity index (χ0) is 20.2. The first kappa shape index (κ1) is 16.4. The van der Waals surface area contributed by atoms with E-state index in [0.29, 0.717) is 11.3 Å². The molecule has 0 aliphatic carbocycles. The predicted molar refractivity (Wildman–Crippen MR) is 119 cm³/mol. The van der Waals surface area contributed by atoms with Crippen LogP contribution in [0.25, 0.3) is 54.3 Å². The number of furan rings is 1. The minimum atomic E-state index is 0.594. The van der Waals surface area contributed by atoms with E-state index in [1.807, 2.05) is 54.6 Å². The smallest absolute Gasteiger partial charge is 0.188 e. The summed E-state index contributed by atoms with van der Waals surface area (Å²) in [5.74, 6) is 0. The maximum atomic E-state index is 9.34. The molecule has 30 heavy (non-hydrogen) atoms.